The van der Waals surface area contributed by atoms with Crippen LogP contribution in [0.25, 0.3) is 22.2 Å². The summed E-state index contributed by atoms with van der Waals surface area (Å²) in [4.78, 5) is 21.5. The summed E-state index contributed by atoms with van der Waals surface area (Å²) in [7, 11) is 0. The summed E-state index contributed by atoms with van der Waals surface area (Å²) in [5.41, 5.74) is 0.582. The zero-order chi connectivity index (χ0) is 25.1. The number of nitrogens with one attached hydrogen (secondary N) is 2. The maximum atomic E-state index is 15.7. The van der Waals surface area contributed by atoms with Gasteiger partial charge in [0.1, 0.15) is 23.2 Å². The number of likely N-dealkylation sites (tertiary alicyclic amines) is 1. The molecule has 3 aromatic rings. The Bertz CT molecular complexity index is 1260. The molecule has 2 saturated heterocycles. The summed E-state index contributed by atoms with van der Waals surface area (Å²) >= 11 is 0. The van der Waals surface area contributed by atoms with E-state index >= 15 is 4.39 Å². The molecule has 0 aliphatic carbocycles. The highest BCUT2D eigenvalue weighted by molar-refractivity contribution is 5.93. The predicted octanol–water partition coefficient (Wildman–Crippen LogP) is 3.82. The quantitative estimate of drug-likeness (QED) is 0.526. The molecule has 5 atom stereocenters. The third-order valence-corrected chi connectivity index (χ3v) is 7.70. The fraction of sp³-hybridized carbons (Fsp3) is 0.462. The number of alkyl halides is 1. The number of aliphatic hydroxyl groups is 1. The van der Waals surface area contributed by atoms with Gasteiger partial charge < -0.3 is 20.3 Å². The van der Waals surface area contributed by atoms with Crippen molar-refractivity contribution >= 4 is 16.9 Å². The molecule has 2 aliphatic heterocycles. The first-order valence-electron chi connectivity index (χ1n) is 11.9. The molecule has 35 heavy (non-hydrogen) atoms. The van der Waals surface area contributed by atoms with Crippen LogP contribution in [0.3, 0.4) is 0 Å². The van der Waals surface area contributed by atoms with Crippen molar-refractivity contribution in [2.24, 2.45) is 11.8 Å². The molecule has 0 bridgehead atoms. The van der Waals surface area contributed by atoms with Gasteiger partial charge >= 0.3 is 0 Å². The Morgan fingerprint density at radius 2 is 1.91 bits per heavy atom. The van der Waals surface area contributed by atoms with Gasteiger partial charge in [-0.05, 0) is 35.7 Å². The Morgan fingerprint density at radius 3 is 2.54 bits per heavy atom. The largest absolute Gasteiger partial charge is 0.384 e. The number of aromatic amines is 1. The lowest BCUT2D eigenvalue weighted by atomic mass is 9.69. The molecule has 6 nitrogen and oxygen atoms in total. The van der Waals surface area contributed by atoms with Crippen LogP contribution in [-0.2, 0) is 10.4 Å². The van der Waals surface area contributed by atoms with E-state index in [0.29, 0.717) is 22.3 Å². The lowest BCUT2D eigenvalue weighted by Crippen LogP contribution is -2.58. The number of piperidine rings is 1. The number of aromatic nitrogens is 2. The number of hydrogen-bond donors (Lipinski definition) is 3. The first-order valence-corrected chi connectivity index (χ1v) is 11.9. The number of aryl methyl sites for hydroxylation is 1. The maximum absolute atomic E-state index is 15.7. The Labute approximate surface area is 201 Å². The second-order valence-electron chi connectivity index (χ2n) is 10.0. The molecule has 2 fully saturated rings. The van der Waals surface area contributed by atoms with Gasteiger partial charge in [0.25, 0.3) is 0 Å². The van der Waals surface area contributed by atoms with E-state index in [0.717, 1.165) is 0 Å². The van der Waals surface area contributed by atoms with E-state index < -0.39 is 41.3 Å². The van der Waals surface area contributed by atoms with E-state index in [2.05, 4.69) is 15.3 Å². The SMILES string of the molecule is Cc1cc(-c2ccnc3[nH]cc(F)c23)cc(F)c1C1(O)[C@H](C)CN(C(=O)[C@@H]2C[C@H](F)CN2)C[C@@H]1C. The van der Waals surface area contributed by atoms with Crippen molar-refractivity contribution in [1.82, 2.24) is 20.2 Å². The lowest BCUT2D eigenvalue weighted by Gasteiger charge is -2.49. The van der Waals surface area contributed by atoms with Gasteiger partial charge in [-0.2, -0.15) is 0 Å². The Morgan fingerprint density at radius 1 is 1.20 bits per heavy atom. The van der Waals surface area contributed by atoms with Crippen molar-refractivity contribution in [2.75, 3.05) is 19.6 Å². The van der Waals surface area contributed by atoms with Gasteiger partial charge in [-0.25, -0.2) is 18.2 Å². The van der Waals surface area contributed by atoms with Crippen molar-refractivity contribution in [3.05, 3.63) is 53.4 Å². The molecule has 1 amide bonds. The van der Waals surface area contributed by atoms with Crippen LogP contribution in [0, 0.1) is 30.4 Å². The Balaban J connectivity index is 1.48. The van der Waals surface area contributed by atoms with Gasteiger partial charge in [0.15, 0.2) is 5.82 Å². The van der Waals surface area contributed by atoms with Gasteiger partial charge in [-0.1, -0.05) is 19.9 Å². The minimum Gasteiger partial charge on any atom is -0.384 e. The number of amides is 1. The summed E-state index contributed by atoms with van der Waals surface area (Å²) in [5.74, 6) is -2.18. The maximum Gasteiger partial charge on any atom is 0.239 e. The van der Waals surface area contributed by atoms with Gasteiger partial charge in [0.2, 0.25) is 5.91 Å². The van der Waals surface area contributed by atoms with Gasteiger partial charge in [0, 0.05) is 55.8 Å². The summed E-state index contributed by atoms with van der Waals surface area (Å²) in [6.07, 6.45) is 1.84. The number of nitrogens with zero attached hydrogens (tertiary/aromatic N) is 2. The summed E-state index contributed by atoms with van der Waals surface area (Å²) in [6.45, 7) is 5.94. The standard InChI is InChI=1S/C26H29F3N4O2/c1-13-6-16(18-4-5-30-24-22(18)20(29)10-32-24)7-19(28)23(13)26(35)14(2)11-33(12-15(26)3)25(34)21-8-17(27)9-31-21/h4-7,10,14-15,17,21,31,35H,8-9,11-12H2,1-3H3,(H,30,32)/t14-,15+,17-,21-,26?/m0/s1. The molecule has 4 heterocycles. The molecule has 2 aliphatic rings. The lowest BCUT2D eigenvalue weighted by molar-refractivity contribution is -0.151. The predicted molar refractivity (Wildman–Crippen MR) is 126 cm³/mol. The number of hydrogen-bond acceptors (Lipinski definition) is 4. The number of H-pyrrole nitrogens is 1. The van der Waals surface area contributed by atoms with E-state index in [1.54, 1.807) is 37.8 Å². The van der Waals surface area contributed by atoms with Crippen molar-refractivity contribution < 1.29 is 23.1 Å². The summed E-state index contributed by atoms with van der Waals surface area (Å²) in [6, 6.07) is 4.14. The molecule has 5 rings (SSSR count). The van der Waals surface area contributed by atoms with Crippen molar-refractivity contribution in [3.8, 4) is 11.1 Å². The van der Waals surface area contributed by atoms with Crippen molar-refractivity contribution in [1.29, 1.82) is 0 Å². The number of halogens is 3. The average molecular weight is 487 g/mol. The molecule has 0 radical (unpaired) electrons. The highest BCUT2D eigenvalue weighted by Gasteiger charge is 2.49. The first kappa shape index (κ1) is 23.8. The fourth-order valence-electron chi connectivity index (χ4n) is 5.94. The molecule has 1 aromatic carbocycles. The zero-order valence-electron chi connectivity index (χ0n) is 19.9. The topological polar surface area (TPSA) is 81.2 Å². The third-order valence-electron chi connectivity index (χ3n) is 7.70. The second-order valence-corrected chi connectivity index (χ2v) is 10.0. The first-order chi connectivity index (χ1) is 16.6. The zero-order valence-corrected chi connectivity index (χ0v) is 19.9. The van der Waals surface area contributed by atoms with Gasteiger partial charge in [0.05, 0.1) is 11.4 Å². The van der Waals surface area contributed by atoms with Crippen LogP contribution in [-0.4, -0.2) is 57.7 Å². The molecule has 186 valence electrons. The van der Waals surface area contributed by atoms with E-state index in [9.17, 15) is 18.7 Å². The Hall–Kier alpha value is -2.91. The van der Waals surface area contributed by atoms with Crippen LogP contribution in [0.2, 0.25) is 0 Å². The van der Waals surface area contributed by atoms with E-state index in [1.165, 1.54) is 18.5 Å². The van der Waals surface area contributed by atoms with Crippen LogP contribution < -0.4 is 5.32 Å². The van der Waals surface area contributed by atoms with E-state index in [4.69, 9.17) is 0 Å². The third kappa shape index (κ3) is 3.81. The van der Waals surface area contributed by atoms with Crippen molar-refractivity contribution in [3.63, 3.8) is 0 Å². The molecular weight excluding hydrogens is 457 g/mol. The number of fused-ring (bicyclic) bond motifs is 1. The van der Waals surface area contributed by atoms with Crippen LogP contribution >= 0.6 is 0 Å². The van der Waals surface area contributed by atoms with Gasteiger partial charge in [-0.15, -0.1) is 0 Å². The molecule has 2 aromatic heterocycles. The van der Waals surface area contributed by atoms with Crippen LogP contribution in [0.1, 0.15) is 31.4 Å². The second kappa shape index (κ2) is 8.64. The molecule has 3 N–H and O–H groups in total. The smallest absolute Gasteiger partial charge is 0.239 e. The van der Waals surface area contributed by atoms with Crippen molar-refractivity contribution in [2.45, 2.75) is 45.0 Å². The molecule has 0 spiro atoms. The van der Waals surface area contributed by atoms with E-state index in [-0.39, 0.29) is 42.9 Å². The highest BCUT2D eigenvalue weighted by Crippen LogP contribution is 2.45. The Kier molecular flexibility index (Phi) is 5.88. The number of benzene rings is 1. The van der Waals surface area contributed by atoms with Crippen LogP contribution in [0.15, 0.2) is 30.6 Å². The summed E-state index contributed by atoms with van der Waals surface area (Å²) < 4.78 is 43.7. The molecule has 9 heteroatoms. The van der Waals surface area contributed by atoms with Crippen LogP contribution in [0.4, 0.5) is 13.2 Å². The summed E-state index contributed by atoms with van der Waals surface area (Å²) in [5, 5.41) is 15.1. The molecule has 1 unspecified atom stereocenters. The molecule has 0 saturated carbocycles. The number of rotatable bonds is 3. The number of carbonyl (C=O) groups excluding carboxylic acids is 1. The molecular formula is C26H29F3N4O2. The average Bonchev–Trinajstić information content (AvgIpc) is 3.42. The minimum atomic E-state index is -1.51. The minimum absolute atomic E-state index is 0.140. The van der Waals surface area contributed by atoms with Gasteiger partial charge in [-0.3, -0.25) is 4.79 Å². The normalized spacial score (nSPS) is 29.2. The van der Waals surface area contributed by atoms with Crippen LogP contribution in [0.5, 0.6) is 0 Å². The highest BCUT2D eigenvalue weighted by atomic mass is 19.1. The van der Waals surface area contributed by atoms with E-state index in [1.807, 2.05) is 0 Å². The fourth-order valence-corrected chi connectivity index (χ4v) is 5.94. The number of pyridine rings is 1. The number of carbonyl (C=O) groups is 1. The monoisotopic (exact) mass is 486 g/mol.